The number of allylic oxidation sites excluding steroid dienone is 18. The Hall–Kier alpha value is -3.93. The first kappa shape index (κ1) is 78.1. The summed E-state index contributed by atoms with van der Waals surface area (Å²) in [5, 5.41) is 0. The molecular weight excluding hydrogens is 1010 g/mol. The zero-order valence-electron chi connectivity index (χ0n) is 54.0. The van der Waals surface area contributed by atoms with E-state index in [-0.39, 0.29) is 31.1 Å². The molecule has 0 N–H and O–H groups in total. The zero-order valence-corrected chi connectivity index (χ0v) is 54.0. The lowest BCUT2D eigenvalue weighted by Crippen LogP contribution is -2.30. The molecular formula is C76H130O6. The van der Waals surface area contributed by atoms with Gasteiger partial charge >= 0.3 is 17.9 Å². The van der Waals surface area contributed by atoms with E-state index >= 15 is 0 Å². The van der Waals surface area contributed by atoms with E-state index in [0.717, 1.165) is 122 Å². The van der Waals surface area contributed by atoms with Crippen molar-refractivity contribution in [2.45, 2.75) is 341 Å². The van der Waals surface area contributed by atoms with E-state index in [1.807, 2.05) is 0 Å². The fourth-order valence-corrected chi connectivity index (χ4v) is 9.77. The number of unbranched alkanes of at least 4 members (excludes halogenated alkanes) is 34. The first-order valence-electron chi connectivity index (χ1n) is 34.9. The summed E-state index contributed by atoms with van der Waals surface area (Å²) in [4.78, 5) is 38.4. The number of carbonyl (C=O) groups excluding carboxylic acids is 3. The normalized spacial score (nSPS) is 12.8. The molecule has 0 aliphatic rings. The van der Waals surface area contributed by atoms with Crippen molar-refractivity contribution < 1.29 is 28.6 Å². The van der Waals surface area contributed by atoms with Crippen molar-refractivity contribution in [2.75, 3.05) is 13.2 Å². The van der Waals surface area contributed by atoms with Crippen LogP contribution in [0.2, 0.25) is 0 Å². The highest BCUT2D eigenvalue weighted by molar-refractivity contribution is 5.71. The molecule has 0 aromatic heterocycles. The highest BCUT2D eigenvalue weighted by Crippen LogP contribution is 2.17. The van der Waals surface area contributed by atoms with Crippen LogP contribution in [0.15, 0.2) is 109 Å². The van der Waals surface area contributed by atoms with Gasteiger partial charge in [0, 0.05) is 19.3 Å². The average Bonchev–Trinajstić information content (AvgIpc) is 3.47. The second-order valence-electron chi connectivity index (χ2n) is 23.1. The van der Waals surface area contributed by atoms with Gasteiger partial charge in [-0.1, -0.05) is 297 Å². The highest BCUT2D eigenvalue weighted by atomic mass is 16.6. The van der Waals surface area contributed by atoms with Gasteiger partial charge in [0.1, 0.15) is 13.2 Å². The minimum atomic E-state index is -0.797. The molecule has 0 bridgehead atoms. The number of rotatable bonds is 63. The van der Waals surface area contributed by atoms with E-state index in [0.29, 0.717) is 19.3 Å². The van der Waals surface area contributed by atoms with Crippen molar-refractivity contribution in [3.8, 4) is 0 Å². The Morgan fingerprint density at radius 1 is 0.256 bits per heavy atom. The third kappa shape index (κ3) is 66.9. The Morgan fingerprint density at radius 2 is 0.476 bits per heavy atom. The molecule has 1 unspecified atom stereocenters. The van der Waals surface area contributed by atoms with Gasteiger partial charge < -0.3 is 14.2 Å². The molecule has 0 aromatic carbocycles. The maximum absolute atomic E-state index is 12.9. The number of hydrogen-bond donors (Lipinski definition) is 0. The smallest absolute Gasteiger partial charge is 0.306 e. The predicted molar refractivity (Wildman–Crippen MR) is 357 cm³/mol. The lowest BCUT2D eigenvalue weighted by molar-refractivity contribution is -0.167. The number of esters is 3. The van der Waals surface area contributed by atoms with Gasteiger partial charge in [0.2, 0.25) is 0 Å². The van der Waals surface area contributed by atoms with Gasteiger partial charge in [-0.25, -0.2) is 0 Å². The molecule has 0 aromatic rings. The summed E-state index contributed by atoms with van der Waals surface area (Å²) in [5.41, 5.74) is 0. The monoisotopic (exact) mass is 1140 g/mol. The van der Waals surface area contributed by atoms with Crippen LogP contribution in [0.1, 0.15) is 335 Å². The van der Waals surface area contributed by atoms with Gasteiger partial charge in [-0.3, -0.25) is 14.4 Å². The van der Waals surface area contributed by atoms with E-state index in [2.05, 4.69) is 130 Å². The van der Waals surface area contributed by atoms with E-state index in [1.54, 1.807) is 0 Å². The Kier molecular flexibility index (Phi) is 66.2. The van der Waals surface area contributed by atoms with Gasteiger partial charge in [0.25, 0.3) is 0 Å². The fourth-order valence-electron chi connectivity index (χ4n) is 9.77. The van der Waals surface area contributed by atoms with Gasteiger partial charge in [0.15, 0.2) is 6.10 Å². The number of ether oxygens (including phenoxy) is 3. The maximum Gasteiger partial charge on any atom is 0.306 e. The Balaban J connectivity index is 4.28. The number of carbonyl (C=O) groups is 3. The van der Waals surface area contributed by atoms with Crippen LogP contribution < -0.4 is 0 Å². The fraction of sp³-hybridized carbons (Fsp3) is 0.724. The molecule has 0 amide bonds. The van der Waals surface area contributed by atoms with Gasteiger partial charge in [0.05, 0.1) is 0 Å². The van der Waals surface area contributed by atoms with Crippen LogP contribution in [-0.4, -0.2) is 37.2 Å². The molecule has 0 heterocycles. The third-order valence-electron chi connectivity index (χ3n) is 15.0. The largest absolute Gasteiger partial charge is 0.462 e. The third-order valence-corrected chi connectivity index (χ3v) is 15.0. The molecule has 82 heavy (non-hydrogen) atoms. The summed E-state index contributed by atoms with van der Waals surface area (Å²) in [5.74, 6) is -0.914. The molecule has 1 atom stereocenters. The topological polar surface area (TPSA) is 78.9 Å². The second kappa shape index (κ2) is 69.6. The van der Waals surface area contributed by atoms with Crippen molar-refractivity contribution in [3.05, 3.63) is 109 Å². The Labute approximate surface area is 508 Å². The molecule has 0 rings (SSSR count). The summed E-state index contributed by atoms with van der Waals surface area (Å²) in [6.07, 6.45) is 95.5. The molecule has 6 nitrogen and oxygen atoms in total. The minimum Gasteiger partial charge on any atom is -0.462 e. The molecule has 0 fully saturated rings. The molecule has 0 saturated heterocycles. The van der Waals surface area contributed by atoms with Crippen LogP contribution in [-0.2, 0) is 28.6 Å². The zero-order chi connectivity index (χ0) is 59.2. The summed E-state index contributed by atoms with van der Waals surface area (Å²) in [7, 11) is 0. The molecule has 0 radical (unpaired) electrons. The Bertz CT molecular complexity index is 1640. The molecule has 0 aliphatic heterocycles. The van der Waals surface area contributed by atoms with Crippen molar-refractivity contribution in [1.82, 2.24) is 0 Å². The second-order valence-corrected chi connectivity index (χ2v) is 23.1. The van der Waals surface area contributed by atoms with Crippen molar-refractivity contribution in [3.63, 3.8) is 0 Å². The highest BCUT2D eigenvalue weighted by Gasteiger charge is 2.19. The predicted octanol–water partition coefficient (Wildman–Crippen LogP) is 24.2. The molecule has 0 saturated carbocycles. The van der Waals surface area contributed by atoms with E-state index in [1.165, 1.54) is 173 Å². The average molecular weight is 1140 g/mol. The number of hydrogen-bond acceptors (Lipinski definition) is 6. The van der Waals surface area contributed by atoms with Crippen molar-refractivity contribution >= 4 is 17.9 Å². The molecule has 0 aliphatic carbocycles. The van der Waals surface area contributed by atoms with Crippen LogP contribution in [0.4, 0.5) is 0 Å². The SMILES string of the molecule is CC/C=C\C/C=C\C/C=C\C/C=C\C/C=C\C/C=C\CCCCCCC(=O)OC(COC(=O)CCCCCCC/C=C\CCCCC)COC(=O)CCCCCCCCCCCCCCCCCCC/C=C\C/C=C\CCCCCCC. The Morgan fingerprint density at radius 3 is 0.780 bits per heavy atom. The van der Waals surface area contributed by atoms with Crippen LogP contribution in [0.3, 0.4) is 0 Å². The first-order valence-corrected chi connectivity index (χ1v) is 34.9. The quantitative estimate of drug-likeness (QED) is 0.0261. The maximum atomic E-state index is 12.9. The summed E-state index contributed by atoms with van der Waals surface area (Å²) in [6, 6.07) is 0. The first-order chi connectivity index (χ1) is 40.5. The van der Waals surface area contributed by atoms with Crippen LogP contribution in [0.25, 0.3) is 0 Å². The van der Waals surface area contributed by atoms with E-state index in [4.69, 9.17) is 14.2 Å². The molecule has 0 spiro atoms. The standard InChI is InChI=1S/C76H130O6/c1-4-7-10-13-16-19-22-25-27-29-31-33-35-36-37-38-39-40-42-43-45-47-49-51-54-57-60-63-66-69-75(78)81-72-73(71-80-74(77)68-65-62-59-56-53-24-21-18-15-12-9-6-3)82-76(79)70-67-64-61-58-55-52-50-48-46-44-41-34-32-30-28-26-23-20-17-14-11-8-5-2/h8,11,17-18,20-22,25-26,28-29,31-32,34,44,46,50,52,73H,4-7,9-10,12-16,19,23-24,27,30,33,35-43,45,47-49,51,53-72H2,1-3H3/b11-8-,20-17-,21-18-,25-22-,28-26-,31-29-,34-32-,46-44-,52-50-. The van der Waals surface area contributed by atoms with E-state index < -0.39 is 6.10 Å². The van der Waals surface area contributed by atoms with Crippen LogP contribution in [0, 0.1) is 0 Å². The van der Waals surface area contributed by atoms with Gasteiger partial charge in [-0.15, -0.1) is 0 Å². The van der Waals surface area contributed by atoms with Crippen LogP contribution >= 0.6 is 0 Å². The lowest BCUT2D eigenvalue weighted by atomic mass is 10.0. The van der Waals surface area contributed by atoms with Gasteiger partial charge in [-0.2, -0.15) is 0 Å². The summed E-state index contributed by atoms with van der Waals surface area (Å²) < 4.78 is 16.9. The van der Waals surface area contributed by atoms with Crippen molar-refractivity contribution in [2.24, 2.45) is 0 Å². The van der Waals surface area contributed by atoms with Gasteiger partial charge in [-0.05, 0) is 128 Å². The van der Waals surface area contributed by atoms with E-state index in [9.17, 15) is 14.4 Å². The van der Waals surface area contributed by atoms with Crippen LogP contribution in [0.5, 0.6) is 0 Å². The lowest BCUT2D eigenvalue weighted by Gasteiger charge is -2.18. The van der Waals surface area contributed by atoms with Crippen molar-refractivity contribution in [1.29, 1.82) is 0 Å². The molecule has 6 heteroatoms. The molecule has 470 valence electrons. The summed E-state index contributed by atoms with van der Waals surface area (Å²) >= 11 is 0. The summed E-state index contributed by atoms with van der Waals surface area (Å²) in [6.45, 7) is 6.49. The minimum absolute atomic E-state index is 0.0901.